The van der Waals surface area contributed by atoms with E-state index in [1.807, 2.05) is 24.3 Å². The van der Waals surface area contributed by atoms with Gasteiger partial charge in [-0.3, -0.25) is 0 Å². The molecule has 3 aromatic rings. The van der Waals surface area contributed by atoms with Crippen LogP contribution in [0.15, 0.2) is 53.1 Å². The molecule has 1 aromatic heterocycles. The van der Waals surface area contributed by atoms with Crippen LogP contribution in [0.4, 0.5) is 16.2 Å². The predicted octanol–water partition coefficient (Wildman–Crippen LogP) is 3.19. The molecular weight excluding hydrogens is 398 g/mol. The van der Waals surface area contributed by atoms with Crippen molar-refractivity contribution in [2.24, 2.45) is 0 Å². The Balaban J connectivity index is 1.31. The maximum atomic E-state index is 12.6. The van der Waals surface area contributed by atoms with Crippen molar-refractivity contribution in [3.63, 3.8) is 0 Å². The fourth-order valence-corrected chi connectivity index (χ4v) is 3.42. The summed E-state index contributed by atoms with van der Waals surface area (Å²) in [5.41, 5.74) is 3.06. The number of carbonyl (C=O) groups is 2. The number of carbonyl (C=O) groups excluding carboxylic acids is 2. The van der Waals surface area contributed by atoms with Gasteiger partial charge in [0.1, 0.15) is 0 Å². The van der Waals surface area contributed by atoms with Crippen LogP contribution in [0.1, 0.15) is 16.2 Å². The third-order valence-electron chi connectivity index (χ3n) is 5.14. The fourth-order valence-electron chi connectivity index (χ4n) is 3.42. The zero-order valence-corrected chi connectivity index (χ0v) is 17.4. The number of ether oxygens (including phenoxy) is 1. The number of esters is 1. The van der Waals surface area contributed by atoms with Crippen molar-refractivity contribution in [1.82, 2.24) is 15.0 Å². The Morgan fingerprint density at radius 1 is 1.00 bits per heavy atom. The lowest BCUT2D eigenvalue weighted by atomic mass is 10.1. The van der Waals surface area contributed by atoms with Crippen LogP contribution in [-0.4, -0.2) is 60.3 Å². The smallest absolute Gasteiger partial charge is 0.337 e. The summed E-state index contributed by atoms with van der Waals surface area (Å²) in [4.78, 5) is 32.3. The maximum absolute atomic E-state index is 12.6. The molecule has 2 heterocycles. The number of piperazine rings is 1. The van der Waals surface area contributed by atoms with Crippen LogP contribution in [0.25, 0.3) is 11.4 Å². The average Bonchev–Trinajstić information content (AvgIpc) is 3.25. The van der Waals surface area contributed by atoms with E-state index in [-0.39, 0.29) is 6.03 Å². The van der Waals surface area contributed by atoms with Gasteiger partial charge in [0.25, 0.3) is 0 Å². The lowest BCUT2D eigenvalue weighted by molar-refractivity contribution is 0.0600. The van der Waals surface area contributed by atoms with Crippen molar-refractivity contribution < 1.29 is 18.8 Å². The fraction of sp³-hybridized carbons (Fsp3) is 0.273. The first-order valence-corrected chi connectivity index (χ1v) is 9.93. The van der Waals surface area contributed by atoms with Crippen molar-refractivity contribution in [2.75, 3.05) is 43.5 Å². The van der Waals surface area contributed by atoms with Crippen molar-refractivity contribution in [1.29, 1.82) is 0 Å². The molecule has 1 fully saturated rings. The molecule has 1 N–H and O–H groups in total. The molecular formula is C22H23N5O4. The minimum absolute atomic E-state index is 0.159. The third-order valence-corrected chi connectivity index (χ3v) is 5.14. The number of rotatable bonds is 4. The predicted molar refractivity (Wildman–Crippen MR) is 115 cm³/mol. The summed E-state index contributed by atoms with van der Waals surface area (Å²) in [6.07, 6.45) is 0. The second-order valence-corrected chi connectivity index (χ2v) is 7.16. The summed E-state index contributed by atoms with van der Waals surface area (Å²) < 4.78 is 9.71. The number of urea groups is 1. The van der Waals surface area contributed by atoms with Gasteiger partial charge in [0.05, 0.1) is 12.7 Å². The number of aromatic nitrogens is 2. The summed E-state index contributed by atoms with van der Waals surface area (Å²) >= 11 is 0. The standard InChI is InChI=1S/C22H23N5O4/c1-15-23-20(25-31-15)16-5-9-19(10-6-16)26-11-13-27(14-12-26)22(29)24-18-7-3-17(4-8-18)21(28)30-2/h3-10H,11-14H2,1-2H3,(H,24,29). The summed E-state index contributed by atoms with van der Waals surface area (Å²) in [6, 6.07) is 14.5. The number of benzene rings is 2. The molecule has 0 aliphatic carbocycles. The highest BCUT2D eigenvalue weighted by molar-refractivity contribution is 5.92. The van der Waals surface area contributed by atoms with Crippen LogP contribution in [0.2, 0.25) is 0 Å². The molecule has 9 heteroatoms. The topological polar surface area (TPSA) is 101 Å². The van der Waals surface area contributed by atoms with E-state index in [1.54, 1.807) is 36.1 Å². The summed E-state index contributed by atoms with van der Waals surface area (Å²) in [5, 5.41) is 6.81. The third kappa shape index (κ3) is 4.66. The van der Waals surface area contributed by atoms with E-state index < -0.39 is 5.97 Å². The number of anilines is 2. The zero-order valence-electron chi connectivity index (χ0n) is 17.4. The molecule has 2 amide bonds. The Morgan fingerprint density at radius 3 is 2.26 bits per heavy atom. The summed E-state index contributed by atoms with van der Waals surface area (Å²) in [5.74, 6) is 0.701. The van der Waals surface area contributed by atoms with Gasteiger partial charge in [-0.25, -0.2) is 9.59 Å². The van der Waals surface area contributed by atoms with Crippen molar-refractivity contribution >= 4 is 23.4 Å². The first-order valence-electron chi connectivity index (χ1n) is 9.93. The van der Waals surface area contributed by atoms with E-state index in [0.717, 1.165) is 24.3 Å². The highest BCUT2D eigenvalue weighted by Crippen LogP contribution is 2.22. The second kappa shape index (κ2) is 8.86. The molecule has 0 unspecified atom stereocenters. The molecule has 0 bridgehead atoms. The van der Waals surface area contributed by atoms with Crippen LogP contribution < -0.4 is 10.2 Å². The first-order chi connectivity index (χ1) is 15.0. The lowest BCUT2D eigenvalue weighted by Crippen LogP contribution is -2.50. The van der Waals surface area contributed by atoms with E-state index in [0.29, 0.717) is 36.1 Å². The molecule has 1 aliphatic heterocycles. The van der Waals surface area contributed by atoms with Gasteiger partial charge in [0.2, 0.25) is 11.7 Å². The molecule has 160 valence electrons. The van der Waals surface area contributed by atoms with Gasteiger partial charge in [-0.2, -0.15) is 4.98 Å². The van der Waals surface area contributed by atoms with E-state index in [1.165, 1.54) is 7.11 Å². The number of amides is 2. The number of nitrogens with zero attached hydrogens (tertiary/aromatic N) is 4. The van der Waals surface area contributed by atoms with E-state index >= 15 is 0 Å². The minimum Gasteiger partial charge on any atom is -0.465 e. The van der Waals surface area contributed by atoms with Crippen molar-refractivity contribution in [3.8, 4) is 11.4 Å². The van der Waals surface area contributed by atoms with Crippen LogP contribution in [0.5, 0.6) is 0 Å². The number of nitrogens with one attached hydrogen (secondary N) is 1. The van der Waals surface area contributed by atoms with E-state index in [9.17, 15) is 9.59 Å². The van der Waals surface area contributed by atoms with Gasteiger partial charge in [0, 0.05) is 50.0 Å². The summed E-state index contributed by atoms with van der Waals surface area (Å²) in [7, 11) is 1.33. The molecule has 0 radical (unpaired) electrons. The Hall–Kier alpha value is -3.88. The molecule has 0 saturated carbocycles. The van der Waals surface area contributed by atoms with Gasteiger partial charge in [-0.15, -0.1) is 0 Å². The Bertz CT molecular complexity index is 1050. The second-order valence-electron chi connectivity index (χ2n) is 7.16. The maximum Gasteiger partial charge on any atom is 0.337 e. The largest absolute Gasteiger partial charge is 0.465 e. The molecule has 0 spiro atoms. The van der Waals surface area contributed by atoms with Gasteiger partial charge in [-0.05, 0) is 48.5 Å². The molecule has 1 saturated heterocycles. The minimum atomic E-state index is -0.408. The highest BCUT2D eigenvalue weighted by atomic mass is 16.5. The SMILES string of the molecule is COC(=O)c1ccc(NC(=O)N2CCN(c3ccc(-c4noc(C)n4)cc3)CC2)cc1. The molecule has 9 nitrogen and oxygen atoms in total. The molecule has 0 atom stereocenters. The number of aryl methyl sites for hydroxylation is 1. The van der Waals surface area contributed by atoms with E-state index in [4.69, 9.17) is 4.52 Å². The first kappa shape index (κ1) is 20.4. The molecule has 1 aliphatic rings. The van der Waals surface area contributed by atoms with Gasteiger partial charge < -0.3 is 24.4 Å². The van der Waals surface area contributed by atoms with Crippen LogP contribution in [-0.2, 0) is 4.74 Å². The quantitative estimate of drug-likeness (QED) is 0.646. The summed E-state index contributed by atoms with van der Waals surface area (Å²) in [6.45, 7) is 4.44. The van der Waals surface area contributed by atoms with Crippen molar-refractivity contribution in [3.05, 3.63) is 60.0 Å². The van der Waals surface area contributed by atoms with Crippen LogP contribution in [0.3, 0.4) is 0 Å². The Morgan fingerprint density at radius 2 is 1.68 bits per heavy atom. The molecule has 2 aromatic carbocycles. The van der Waals surface area contributed by atoms with Gasteiger partial charge in [-0.1, -0.05) is 5.16 Å². The highest BCUT2D eigenvalue weighted by Gasteiger charge is 2.21. The zero-order chi connectivity index (χ0) is 21.8. The lowest BCUT2D eigenvalue weighted by Gasteiger charge is -2.36. The number of methoxy groups -OCH3 is 1. The average molecular weight is 421 g/mol. The number of hydrogen-bond acceptors (Lipinski definition) is 7. The Labute approximate surface area is 179 Å². The van der Waals surface area contributed by atoms with Gasteiger partial charge in [0.15, 0.2) is 0 Å². The van der Waals surface area contributed by atoms with Gasteiger partial charge >= 0.3 is 12.0 Å². The number of hydrogen-bond donors (Lipinski definition) is 1. The monoisotopic (exact) mass is 421 g/mol. The van der Waals surface area contributed by atoms with Crippen LogP contribution in [0, 0.1) is 6.92 Å². The van der Waals surface area contributed by atoms with E-state index in [2.05, 4.69) is 25.1 Å². The van der Waals surface area contributed by atoms with Crippen LogP contribution >= 0.6 is 0 Å². The Kier molecular flexibility index (Phi) is 5.83. The molecule has 31 heavy (non-hydrogen) atoms. The molecule has 4 rings (SSSR count). The normalized spacial score (nSPS) is 13.7. The van der Waals surface area contributed by atoms with Crippen molar-refractivity contribution in [2.45, 2.75) is 6.92 Å².